The van der Waals surface area contributed by atoms with Gasteiger partial charge in [0.25, 0.3) is 0 Å². The Morgan fingerprint density at radius 2 is 0.889 bits per heavy atom. The van der Waals surface area contributed by atoms with Crippen molar-refractivity contribution in [1.82, 2.24) is 10.6 Å². The van der Waals surface area contributed by atoms with Crippen molar-refractivity contribution < 1.29 is 37.0 Å². The van der Waals surface area contributed by atoms with Gasteiger partial charge in [0.1, 0.15) is 11.5 Å². The van der Waals surface area contributed by atoms with Crippen LogP contribution in [0.1, 0.15) is 81.1 Å². The summed E-state index contributed by atoms with van der Waals surface area (Å²) in [5, 5.41) is 6.99. The quantitative estimate of drug-likeness (QED) is 0.317. The first-order valence-corrected chi connectivity index (χ1v) is 15.2. The number of benzene rings is 1. The maximum Gasteiger partial charge on any atom is 0.527 e. The Balaban J connectivity index is 1.58. The molecule has 206 valence electrons. The molecule has 10 nitrogen and oxygen atoms in total. The SMILES string of the molecule is CC1(C)CC(OP(=O)(O)Oc2ccc(OP(=O)(O)OC3CC(C)(C)NC(C)(C)C3)cc2)CC(C)(C)N1. The van der Waals surface area contributed by atoms with E-state index in [2.05, 4.69) is 10.6 Å². The Bertz CT molecular complexity index is 912. The van der Waals surface area contributed by atoms with Crippen LogP contribution < -0.4 is 19.7 Å². The standard InChI is InChI=1S/C24H42N2O8P2/c1-21(2)13-19(14-22(3,4)25-21)33-35(27,28)31-17-9-11-18(12-10-17)32-36(29,30)34-20-15-23(5,6)26-24(7,8)16-20/h9-12,19-20,25-26H,13-16H2,1-8H3,(H,27,28)(H,29,30). The first kappa shape index (κ1) is 29.6. The number of hydrogen-bond donors (Lipinski definition) is 4. The molecule has 12 heteroatoms. The normalized spacial score (nSPS) is 26.9. The first-order chi connectivity index (χ1) is 16.1. The molecular weight excluding hydrogens is 506 g/mol. The lowest BCUT2D eigenvalue weighted by molar-refractivity contribution is 0.0355. The number of phosphoric acid groups is 2. The first-order valence-electron chi connectivity index (χ1n) is 12.2. The van der Waals surface area contributed by atoms with Crippen molar-refractivity contribution in [2.75, 3.05) is 0 Å². The lowest BCUT2D eigenvalue weighted by Gasteiger charge is -2.46. The fraction of sp³-hybridized carbons (Fsp3) is 0.750. The summed E-state index contributed by atoms with van der Waals surface area (Å²) in [6.07, 6.45) is 1.28. The molecule has 0 amide bonds. The van der Waals surface area contributed by atoms with Gasteiger partial charge in [-0.3, -0.25) is 18.8 Å². The van der Waals surface area contributed by atoms with Crippen LogP contribution >= 0.6 is 15.6 Å². The van der Waals surface area contributed by atoms with E-state index in [1.807, 2.05) is 55.4 Å². The van der Waals surface area contributed by atoms with Gasteiger partial charge in [-0.2, -0.15) is 0 Å². The molecule has 0 bridgehead atoms. The zero-order chi connectivity index (χ0) is 27.2. The van der Waals surface area contributed by atoms with E-state index in [9.17, 15) is 18.9 Å². The lowest BCUT2D eigenvalue weighted by Crippen LogP contribution is -2.59. The fourth-order valence-electron chi connectivity index (χ4n) is 5.85. The maximum atomic E-state index is 12.7. The molecule has 3 rings (SSSR count). The van der Waals surface area contributed by atoms with Gasteiger partial charge in [0.05, 0.1) is 12.2 Å². The lowest BCUT2D eigenvalue weighted by atomic mass is 9.81. The molecule has 1 aromatic rings. The molecule has 2 aliphatic rings. The second-order valence-electron chi connectivity index (χ2n) is 12.6. The monoisotopic (exact) mass is 548 g/mol. The molecular formula is C24H42N2O8P2. The van der Waals surface area contributed by atoms with Crippen molar-refractivity contribution in [3.8, 4) is 11.5 Å². The minimum absolute atomic E-state index is 0.0659. The summed E-state index contributed by atoms with van der Waals surface area (Å²) in [6, 6.07) is 5.48. The van der Waals surface area contributed by atoms with Gasteiger partial charge in [-0.1, -0.05) is 0 Å². The predicted octanol–water partition coefficient (Wildman–Crippen LogP) is 5.30. The molecule has 0 aliphatic carbocycles. The highest BCUT2D eigenvalue weighted by Gasteiger charge is 2.43. The van der Waals surface area contributed by atoms with E-state index < -0.39 is 27.9 Å². The van der Waals surface area contributed by atoms with Gasteiger partial charge in [-0.15, -0.1) is 0 Å². The zero-order valence-corrected chi connectivity index (χ0v) is 24.3. The van der Waals surface area contributed by atoms with Crippen LogP contribution in [0.2, 0.25) is 0 Å². The van der Waals surface area contributed by atoms with Gasteiger partial charge in [0, 0.05) is 22.2 Å². The average molecular weight is 549 g/mol. The van der Waals surface area contributed by atoms with Crippen molar-refractivity contribution in [3.05, 3.63) is 24.3 Å². The molecule has 0 radical (unpaired) electrons. The largest absolute Gasteiger partial charge is 0.527 e. The summed E-state index contributed by atoms with van der Waals surface area (Å²) >= 11 is 0. The highest BCUT2D eigenvalue weighted by molar-refractivity contribution is 7.48. The molecule has 4 N–H and O–H groups in total. The summed E-state index contributed by atoms with van der Waals surface area (Å²) in [4.78, 5) is 20.7. The highest BCUT2D eigenvalue weighted by Crippen LogP contribution is 2.50. The summed E-state index contributed by atoms with van der Waals surface area (Å²) in [5.41, 5.74) is -1.03. The smallest absolute Gasteiger partial charge is 0.404 e. The zero-order valence-electron chi connectivity index (χ0n) is 22.5. The van der Waals surface area contributed by atoms with E-state index in [4.69, 9.17) is 18.1 Å². The maximum absolute atomic E-state index is 12.7. The Labute approximate surface area is 214 Å². The molecule has 2 unspecified atom stereocenters. The van der Waals surface area contributed by atoms with Crippen LogP contribution in [0.15, 0.2) is 24.3 Å². The van der Waals surface area contributed by atoms with Gasteiger partial charge < -0.3 is 19.7 Å². The van der Waals surface area contributed by atoms with Crippen LogP contribution in [-0.2, 0) is 18.2 Å². The van der Waals surface area contributed by atoms with E-state index in [1.165, 1.54) is 24.3 Å². The third-order valence-electron chi connectivity index (χ3n) is 6.14. The molecule has 0 spiro atoms. The van der Waals surface area contributed by atoms with Crippen LogP contribution in [0.3, 0.4) is 0 Å². The van der Waals surface area contributed by atoms with Gasteiger partial charge in [0.2, 0.25) is 0 Å². The van der Waals surface area contributed by atoms with Crippen molar-refractivity contribution in [1.29, 1.82) is 0 Å². The fourth-order valence-corrected chi connectivity index (χ4v) is 7.77. The van der Waals surface area contributed by atoms with Gasteiger partial charge in [-0.05, 0) is 105 Å². The number of piperidine rings is 2. The molecule has 2 aliphatic heterocycles. The summed E-state index contributed by atoms with van der Waals surface area (Å²) in [5.74, 6) is 0.132. The highest BCUT2D eigenvalue weighted by atomic mass is 31.2. The molecule has 0 saturated carbocycles. The molecule has 1 aromatic carbocycles. The third kappa shape index (κ3) is 9.10. The molecule has 36 heavy (non-hydrogen) atoms. The van der Waals surface area contributed by atoms with Crippen LogP contribution in [0.4, 0.5) is 0 Å². The Morgan fingerprint density at radius 3 is 1.14 bits per heavy atom. The van der Waals surface area contributed by atoms with E-state index in [0.29, 0.717) is 25.7 Å². The topological polar surface area (TPSA) is 136 Å². The van der Waals surface area contributed by atoms with E-state index in [1.54, 1.807) is 0 Å². The van der Waals surface area contributed by atoms with E-state index >= 15 is 0 Å². The van der Waals surface area contributed by atoms with Gasteiger partial charge >= 0.3 is 15.6 Å². The number of rotatable bonds is 8. The second kappa shape index (κ2) is 9.97. The molecule has 2 saturated heterocycles. The van der Waals surface area contributed by atoms with Crippen LogP contribution in [-0.4, -0.2) is 44.2 Å². The summed E-state index contributed by atoms with van der Waals surface area (Å²) in [6.45, 7) is 16.1. The molecule has 2 heterocycles. The minimum atomic E-state index is -4.40. The number of phosphoric ester groups is 2. The Hall–Kier alpha value is -0.960. The number of hydrogen-bond acceptors (Lipinski definition) is 8. The third-order valence-corrected chi connectivity index (χ3v) is 8.15. The summed E-state index contributed by atoms with van der Waals surface area (Å²) in [7, 11) is -8.81. The minimum Gasteiger partial charge on any atom is -0.404 e. The van der Waals surface area contributed by atoms with Gasteiger partial charge in [0.15, 0.2) is 0 Å². The summed E-state index contributed by atoms with van der Waals surface area (Å²) < 4.78 is 46.8. The number of nitrogens with one attached hydrogen (secondary N) is 2. The van der Waals surface area contributed by atoms with Crippen molar-refractivity contribution in [2.45, 2.75) is 115 Å². The van der Waals surface area contributed by atoms with Crippen molar-refractivity contribution in [2.24, 2.45) is 0 Å². The molecule has 2 fully saturated rings. The van der Waals surface area contributed by atoms with Crippen molar-refractivity contribution in [3.63, 3.8) is 0 Å². The average Bonchev–Trinajstić information content (AvgIpc) is 2.56. The second-order valence-corrected chi connectivity index (χ2v) is 15.3. The Morgan fingerprint density at radius 1 is 0.639 bits per heavy atom. The van der Waals surface area contributed by atoms with Crippen LogP contribution in [0, 0.1) is 0 Å². The van der Waals surface area contributed by atoms with Crippen molar-refractivity contribution >= 4 is 15.6 Å². The van der Waals surface area contributed by atoms with Crippen LogP contribution in [0.5, 0.6) is 11.5 Å². The van der Waals surface area contributed by atoms with Gasteiger partial charge in [-0.25, -0.2) is 9.13 Å². The molecule has 0 aromatic heterocycles. The molecule has 2 atom stereocenters. The van der Waals surface area contributed by atoms with Crippen LogP contribution in [0.25, 0.3) is 0 Å². The predicted molar refractivity (Wildman–Crippen MR) is 138 cm³/mol. The van der Waals surface area contributed by atoms with E-state index in [0.717, 1.165) is 0 Å². The van der Waals surface area contributed by atoms with E-state index in [-0.39, 0.29) is 33.7 Å². The Kier molecular flexibility index (Phi) is 8.20.